The van der Waals surface area contributed by atoms with Crippen LogP contribution in [0.1, 0.15) is 20.8 Å². The van der Waals surface area contributed by atoms with Gasteiger partial charge < -0.3 is 14.6 Å². The largest absolute Gasteiger partial charge is 0.507 e. The first-order chi connectivity index (χ1) is 5.04. The van der Waals surface area contributed by atoms with Gasteiger partial charge in [-0.1, -0.05) is 0 Å². The van der Waals surface area contributed by atoms with Gasteiger partial charge in [-0.05, 0) is 20.8 Å². The summed E-state index contributed by atoms with van der Waals surface area (Å²) in [7, 11) is 1.28. The number of hydrogen-bond donors (Lipinski definition) is 1. The van der Waals surface area contributed by atoms with Crippen molar-refractivity contribution in [1.82, 2.24) is 0 Å². The summed E-state index contributed by atoms with van der Waals surface area (Å²) in [5, 5.41) is 8.06. The highest BCUT2D eigenvalue weighted by atomic mass is 16.7. The molecule has 0 rings (SSSR count). The predicted octanol–water partition coefficient (Wildman–Crippen LogP) is 1.18. The van der Waals surface area contributed by atoms with Crippen molar-refractivity contribution < 1.29 is 19.4 Å². The maximum atomic E-state index is 9.97. The maximum absolute atomic E-state index is 9.97. The Morgan fingerprint density at radius 3 is 2.00 bits per heavy atom. The smallest absolute Gasteiger partial charge is 0.438 e. The molecule has 0 unspecified atom stereocenters. The number of carbonyl (C=O) groups excluding carboxylic acids is 1. The fourth-order valence-electron chi connectivity index (χ4n) is 0.177. The molecule has 0 radical (unpaired) electrons. The summed E-state index contributed by atoms with van der Waals surface area (Å²) < 4.78 is 8.46. The lowest BCUT2D eigenvalue weighted by atomic mass is 10.5. The van der Waals surface area contributed by atoms with Crippen LogP contribution in [-0.2, 0) is 9.47 Å². The normalized spacial score (nSPS) is 8.18. The third-order valence-corrected chi connectivity index (χ3v) is 0.429. The summed E-state index contributed by atoms with van der Waals surface area (Å²) in [5.74, 6) is 0. The summed E-state index contributed by atoms with van der Waals surface area (Å²) >= 11 is 0. The van der Waals surface area contributed by atoms with Crippen molar-refractivity contribution in [3.05, 3.63) is 0 Å². The highest BCUT2D eigenvalue weighted by molar-refractivity contribution is 5.59. The van der Waals surface area contributed by atoms with Gasteiger partial charge >= 0.3 is 6.16 Å². The lowest BCUT2D eigenvalue weighted by Crippen LogP contribution is -2.02. The van der Waals surface area contributed by atoms with Crippen molar-refractivity contribution in [1.29, 1.82) is 0 Å². The summed E-state index contributed by atoms with van der Waals surface area (Å²) in [6, 6.07) is 0. The van der Waals surface area contributed by atoms with Gasteiger partial charge in [-0.25, -0.2) is 4.79 Å². The minimum absolute atomic E-state index is 0.167. The van der Waals surface area contributed by atoms with Gasteiger partial charge in [0.2, 0.25) is 0 Å². The van der Waals surface area contributed by atoms with Gasteiger partial charge in [0.05, 0.1) is 13.7 Å². The van der Waals surface area contributed by atoms with Gasteiger partial charge in [0.1, 0.15) is 0 Å². The number of hydrogen-bond acceptors (Lipinski definition) is 4. The van der Waals surface area contributed by atoms with E-state index in [0.717, 1.165) is 0 Å². The Kier molecular flexibility index (Phi) is 10.8. The molecule has 4 nitrogen and oxygen atoms in total. The molecule has 11 heavy (non-hydrogen) atoms. The lowest BCUT2D eigenvalue weighted by molar-refractivity contribution is 0.0771. The maximum Gasteiger partial charge on any atom is 0.507 e. The van der Waals surface area contributed by atoms with E-state index in [2.05, 4.69) is 9.47 Å². The van der Waals surface area contributed by atoms with Crippen molar-refractivity contribution in [2.45, 2.75) is 26.9 Å². The van der Waals surface area contributed by atoms with Crippen LogP contribution in [0.25, 0.3) is 0 Å². The molecule has 0 bridgehead atoms. The Bertz CT molecular complexity index is 87.7. The highest BCUT2D eigenvalue weighted by Gasteiger charge is 1.92. The minimum atomic E-state index is -0.623. The van der Waals surface area contributed by atoms with Crippen LogP contribution in [0.4, 0.5) is 4.79 Å². The predicted molar refractivity (Wildman–Crippen MR) is 41.4 cm³/mol. The molecule has 0 fully saturated rings. The van der Waals surface area contributed by atoms with Gasteiger partial charge in [0, 0.05) is 6.10 Å². The number of methoxy groups -OCH3 is 1. The second-order valence-electron chi connectivity index (χ2n) is 1.98. The van der Waals surface area contributed by atoms with Crippen LogP contribution in [0.2, 0.25) is 0 Å². The van der Waals surface area contributed by atoms with Gasteiger partial charge in [-0.3, -0.25) is 0 Å². The second-order valence-corrected chi connectivity index (χ2v) is 1.98. The highest BCUT2D eigenvalue weighted by Crippen LogP contribution is 1.77. The molecule has 0 aliphatic rings. The second kappa shape index (κ2) is 9.23. The first kappa shape index (κ1) is 12.9. The zero-order valence-corrected chi connectivity index (χ0v) is 7.46. The van der Waals surface area contributed by atoms with Crippen LogP contribution in [0.3, 0.4) is 0 Å². The van der Waals surface area contributed by atoms with Gasteiger partial charge in [0.25, 0.3) is 0 Å². The fraction of sp³-hybridized carbons (Fsp3) is 0.857. The third-order valence-electron chi connectivity index (χ3n) is 0.429. The first-order valence-corrected chi connectivity index (χ1v) is 3.43. The SMILES string of the molecule is CC(C)O.CCOC(=O)OC. The quantitative estimate of drug-likeness (QED) is 0.591. The molecular formula is C7H16O4. The Balaban J connectivity index is 0. The summed E-state index contributed by atoms with van der Waals surface area (Å²) in [6.45, 7) is 5.53. The van der Waals surface area contributed by atoms with E-state index in [9.17, 15) is 4.79 Å². The van der Waals surface area contributed by atoms with Crippen molar-refractivity contribution in [2.24, 2.45) is 0 Å². The van der Waals surface area contributed by atoms with Gasteiger partial charge in [-0.2, -0.15) is 0 Å². The van der Waals surface area contributed by atoms with E-state index >= 15 is 0 Å². The Morgan fingerprint density at radius 1 is 1.55 bits per heavy atom. The zero-order chi connectivity index (χ0) is 9.28. The molecule has 0 amide bonds. The number of ether oxygens (including phenoxy) is 2. The molecular weight excluding hydrogens is 148 g/mol. The van der Waals surface area contributed by atoms with Crippen LogP contribution < -0.4 is 0 Å². The van der Waals surface area contributed by atoms with Crippen LogP contribution >= 0.6 is 0 Å². The van der Waals surface area contributed by atoms with E-state index in [1.165, 1.54) is 7.11 Å². The zero-order valence-electron chi connectivity index (χ0n) is 7.46. The number of aliphatic hydroxyl groups excluding tert-OH is 1. The lowest BCUT2D eigenvalue weighted by Gasteiger charge is -1.94. The molecule has 0 saturated carbocycles. The summed E-state index contributed by atoms with van der Waals surface area (Å²) in [6.07, 6.45) is -0.789. The summed E-state index contributed by atoms with van der Waals surface area (Å²) in [5.41, 5.74) is 0. The number of aliphatic hydroxyl groups is 1. The van der Waals surface area contributed by atoms with E-state index < -0.39 is 6.16 Å². The van der Waals surface area contributed by atoms with Crippen molar-refractivity contribution in [3.8, 4) is 0 Å². The van der Waals surface area contributed by atoms with Crippen molar-refractivity contribution in [2.75, 3.05) is 13.7 Å². The third kappa shape index (κ3) is 27.0. The fourth-order valence-corrected chi connectivity index (χ4v) is 0.177. The average Bonchev–Trinajstić information content (AvgIpc) is 1.87. The Hall–Kier alpha value is -0.770. The Labute approximate surface area is 67.1 Å². The summed E-state index contributed by atoms with van der Waals surface area (Å²) in [4.78, 5) is 9.97. The molecule has 0 saturated heterocycles. The molecule has 1 N–H and O–H groups in total. The average molecular weight is 164 g/mol. The van der Waals surface area contributed by atoms with Gasteiger partial charge in [-0.15, -0.1) is 0 Å². The molecule has 0 aliphatic carbocycles. The minimum Gasteiger partial charge on any atom is -0.438 e. The van der Waals surface area contributed by atoms with E-state index in [1.807, 2.05) is 0 Å². The number of rotatable bonds is 1. The monoisotopic (exact) mass is 164 g/mol. The Morgan fingerprint density at radius 2 is 1.91 bits per heavy atom. The van der Waals surface area contributed by atoms with E-state index in [-0.39, 0.29) is 6.10 Å². The first-order valence-electron chi connectivity index (χ1n) is 3.43. The molecule has 0 aromatic carbocycles. The van der Waals surface area contributed by atoms with Crippen molar-refractivity contribution in [3.63, 3.8) is 0 Å². The van der Waals surface area contributed by atoms with E-state index in [0.29, 0.717) is 6.61 Å². The van der Waals surface area contributed by atoms with Crippen LogP contribution in [0.5, 0.6) is 0 Å². The van der Waals surface area contributed by atoms with Crippen molar-refractivity contribution >= 4 is 6.16 Å². The molecule has 0 spiro atoms. The van der Waals surface area contributed by atoms with Gasteiger partial charge in [0.15, 0.2) is 0 Å². The molecule has 0 aromatic rings. The van der Waals surface area contributed by atoms with Crippen LogP contribution in [-0.4, -0.2) is 31.1 Å². The van der Waals surface area contributed by atoms with E-state index in [1.54, 1.807) is 20.8 Å². The van der Waals surface area contributed by atoms with E-state index in [4.69, 9.17) is 5.11 Å². The standard InChI is InChI=1S/C4H8O3.C3H8O/c1-3-7-4(5)6-2;1-3(2)4/h3H2,1-2H3;3-4H,1-2H3. The van der Waals surface area contributed by atoms with Crippen LogP contribution in [0.15, 0.2) is 0 Å². The topological polar surface area (TPSA) is 55.8 Å². The molecule has 0 atom stereocenters. The van der Waals surface area contributed by atoms with Crippen LogP contribution in [0, 0.1) is 0 Å². The number of carbonyl (C=O) groups is 1. The molecule has 68 valence electrons. The molecule has 4 heteroatoms. The molecule has 0 heterocycles. The molecule has 0 aliphatic heterocycles. The molecule has 0 aromatic heterocycles.